The first-order valence-electron chi connectivity index (χ1n) is 10.3. The number of nitrogens with zero attached hydrogens (tertiary/aromatic N) is 2. The lowest BCUT2D eigenvalue weighted by molar-refractivity contribution is 0.0429. The van der Waals surface area contributed by atoms with E-state index in [1.807, 2.05) is 0 Å². The van der Waals surface area contributed by atoms with Crippen LogP contribution in [0.25, 0.3) is 11.0 Å². The number of sulfone groups is 1. The van der Waals surface area contributed by atoms with E-state index in [4.69, 9.17) is 9.47 Å². The Labute approximate surface area is 206 Å². The Morgan fingerprint density at radius 1 is 0.971 bits per heavy atom. The van der Waals surface area contributed by atoms with Gasteiger partial charge in [0.25, 0.3) is 0 Å². The van der Waals surface area contributed by atoms with E-state index in [1.54, 1.807) is 59.7 Å². The van der Waals surface area contributed by atoms with Gasteiger partial charge in [-0.3, -0.25) is 0 Å². The molecule has 0 unspecified atom stereocenters. The third-order valence-electron chi connectivity index (χ3n) is 4.27. The molecule has 0 saturated carbocycles. The fraction of sp³-hybridized carbons (Fsp3) is 0.348. The van der Waals surface area contributed by atoms with E-state index in [0.717, 1.165) is 6.20 Å². The number of pyridine rings is 1. The molecule has 1 aromatic carbocycles. The molecule has 11 heteroatoms. The number of H-pyrrole nitrogens is 1. The highest BCUT2D eigenvalue weighted by molar-refractivity contribution is 9.10. The standard InChI is InChI=1S/C23H26BrN3O6S/c1-22(2,3)32-20(28)27(21(29)33-23(4,5)6)16-13-25-19-15(12-17(24)26-19)18(16)34(30,31)14-10-8-7-9-11-14/h7-13H,1-6H3,(H,25,26). The number of nitrogens with one attached hydrogen (secondary N) is 1. The van der Waals surface area contributed by atoms with Gasteiger partial charge in [-0.25, -0.2) is 23.0 Å². The first-order chi connectivity index (χ1) is 15.6. The number of aromatic nitrogens is 2. The number of carbonyl (C=O) groups is 2. The molecule has 0 radical (unpaired) electrons. The van der Waals surface area contributed by atoms with E-state index in [1.165, 1.54) is 18.2 Å². The third-order valence-corrected chi connectivity index (χ3v) is 6.56. The van der Waals surface area contributed by atoms with Crippen LogP contribution < -0.4 is 4.90 Å². The molecule has 9 nitrogen and oxygen atoms in total. The summed E-state index contributed by atoms with van der Waals surface area (Å²) in [5.74, 6) is 0. The quantitative estimate of drug-likeness (QED) is 0.434. The summed E-state index contributed by atoms with van der Waals surface area (Å²) in [5, 5.41) is 0.186. The monoisotopic (exact) mass is 551 g/mol. The van der Waals surface area contributed by atoms with Gasteiger partial charge in [0.2, 0.25) is 9.84 Å². The molecule has 0 fully saturated rings. The molecule has 3 aromatic rings. The van der Waals surface area contributed by atoms with Crippen LogP contribution in [0.1, 0.15) is 41.5 Å². The molecule has 0 aliphatic heterocycles. The fourth-order valence-electron chi connectivity index (χ4n) is 3.05. The van der Waals surface area contributed by atoms with Crippen LogP contribution in [0.2, 0.25) is 0 Å². The van der Waals surface area contributed by atoms with Gasteiger partial charge in [0.15, 0.2) is 0 Å². The minimum Gasteiger partial charge on any atom is -0.443 e. The Balaban J connectivity index is 2.34. The largest absolute Gasteiger partial charge is 0.443 e. The van der Waals surface area contributed by atoms with Crippen LogP contribution in [0.4, 0.5) is 15.3 Å². The minimum atomic E-state index is -4.22. The van der Waals surface area contributed by atoms with Crippen molar-refractivity contribution >= 4 is 54.7 Å². The number of anilines is 1. The number of ether oxygens (including phenoxy) is 2. The van der Waals surface area contributed by atoms with Crippen LogP contribution in [0.5, 0.6) is 0 Å². The molecular weight excluding hydrogens is 526 g/mol. The van der Waals surface area contributed by atoms with Crippen molar-refractivity contribution in [1.82, 2.24) is 9.97 Å². The Kier molecular flexibility index (Phi) is 6.82. The number of benzene rings is 1. The topological polar surface area (TPSA) is 119 Å². The van der Waals surface area contributed by atoms with Crippen LogP contribution in [0, 0.1) is 0 Å². The minimum absolute atomic E-state index is 0.0191. The maximum atomic E-state index is 13.8. The molecule has 2 heterocycles. The molecule has 34 heavy (non-hydrogen) atoms. The molecule has 0 spiro atoms. The highest BCUT2D eigenvalue weighted by Gasteiger charge is 2.38. The number of amides is 2. The van der Waals surface area contributed by atoms with Crippen LogP contribution in [-0.4, -0.2) is 41.8 Å². The number of aromatic amines is 1. The SMILES string of the molecule is CC(C)(C)OC(=O)N(C(=O)OC(C)(C)C)c1cnc2[nH]c(Br)cc2c1S(=O)(=O)c1ccccc1. The smallest absolute Gasteiger partial charge is 0.424 e. The fourth-order valence-corrected chi connectivity index (χ4v) is 5.09. The van der Waals surface area contributed by atoms with Crippen molar-refractivity contribution in [3.05, 3.63) is 47.2 Å². The van der Waals surface area contributed by atoms with Gasteiger partial charge in [0.05, 0.1) is 21.4 Å². The Morgan fingerprint density at radius 2 is 1.50 bits per heavy atom. The number of carbonyl (C=O) groups excluding carboxylic acids is 2. The van der Waals surface area contributed by atoms with Gasteiger partial charge in [0.1, 0.15) is 21.7 Å². The van der Waals surface area contributed by atoms with Gasteiger partial charge >= 0.3 is 12.2 Å². The molecule has 0 aliphatic rings. The number of fused-ring (bicyclic) bond motifs is 1. The number of imide groups is 1. The molecule has 2 amide bonds. The van der Waals surface area contributed by atoms with Gasteiger partial charge < -0.3 is 14.5 Å². The highest BCUT2D eigenvalue weighted by Crippen LogP contribution is 2.38. The molecule has 2 aromatic heterocycles. The number of halogens is 1. The lowest BCUT2D eigenvalue weighted by atomic mass is 10.2. The second-order valence-corrected chi connectivity index (χ2v) is 12.2. The number of hydrogen-bond donors (Lipinski definition) is 1. The highest BCUT2D eigenvalue weighted by atomic mass is 79.9. The van der Waals surface area contributed by atoms with Gasteiger partial charge in [0, 0.05) is 5.39 Å². The summed E-state index contributed by atoms with van der Waals surface area (Å²) in [5.41, 5.74) is -1.97. The van der Waals surface area contributed by atoms with Crippen molar-refractivity contribution in [2.75, 3.05) is 4.90 Å². The molecule has 0 bridgehead atoms. The Morgan fingerprint density at radius 3 is 2.00 bits per heavy atom. The third kappa shape index (κ3) is 5.58. The van der Waals surface area contributed by atoms with Crippen LogP contribution in [0.3, 0.4) is 0 Å². The molecule has 182 valence electrons. The molecular formula is C23H26BrN3O6S. The summed E-state index contributed by atoms with van der Waals surface area (Å²) in [6.45, 7) is 9.78. The van der Waals surface area contributed by atoms with E-state index in [2.05, 4.69) is 25.9 Å². The average Bonchev–Trinajstić information content (AvgIpc) is 3.05. The predicted molar refractivity (Wildman–Crippen MR) is 131 cm³/mol. The van der Waals surface area contributed by atoms with Gasteiger partial charge in [-0.15, -0.1) is 0 Å². The zero-order valence-electron chi connectivity index (χ0n) is 19.7. The van der Waals surface area contributed by atoms with Gasteiger partial charge in [-0.2, -0.15) is 4.90 Å². The predicted octanol–water partition coefficient (Wildman–Crippen LogP) is 5.83. The maximum absolute atomic E-state index is 13.8. The van der Waals surface area contributed by atoms with Gasteiger partial charge in [-0.05, 0) is 75.7 Å². The normalized spacial score (nSPS) is 12.4. The van der Waals surface area contributed by atoms with E-state index in [0.29, 0.717) is 9.50 Å². The van der Waals surface area contributed by atoms with E-state index in [-0.39, 0.29) is 26.5 Å². The van der Waals surface area contributed by atoms with Gasteiger partial charge in [-0.1, -0.05) is 18.2 Å². The second-order valence-electron chi connectivity index (χ2n) is 9.46. The van der Waals surface area contributed by atoms with Crippen molar-refractivity contribution in [3.8, 4) is 0 Å². The maximum Gasteiger partial charge on any atom is 0.424 e. The molecule has 0 atom stereocenters. The first-order valence-corrected chi connectivity index (χ1v) is 12.6. The summed E-state index contributed by atoms with van der Waals surface area (Å²) < 4.78 is 38.9. The summed E-state index contributed by atoms with van der Waals surface area (Å²) in [6.07, 6.45) is -1.06. The summed E-state index contributed by atoms with van der Waals surface area (Å²) in [4.78, 5) is 33.8. The summed E-state index contributed by atoms with van der Waals surface area (Å²) in [6, 6.07) is 9.22. The lowest BCUT2D eigenvalue weighted by Crippen LogP contribution is -2.44. The Hall–Kier alpha value is -2.92. The zero-order valence-corrected chi connectivity index (χ0v) is 22.1. The van der Waals surface area contributed by atoms with Crippen LogP contribution >= 0.6 is 15.9 Å². The second kappa shape index (κ2) is 9.03. The van der Waals surface area contributed by atoms with E-state index < -0.39 is 33.2 Å². The number of rotatable bonds is 3. The van der Waals surface area contributed by atoms with Crippen LogP contribution in [0.15, 0.2) is 57.0 Å². The van der Waals surface area contributed by atoms with Crippen molar-refractivity contribution in [3.63, 3.8) is 0 Å². The lowest BCUT2D eigenvalue weighted by Gasteiger charge is -2.29. The van der Waals surface area contributed by atoms with Crippen molar-refractivity contribution in [2.45, 2.75) is 62.5 Å². The zero-order chi connectivity index (χ0) is 25.5. The summed E-state index contributed by atoms with van der Waals surface area (Å²) in [7, 11) is -4.22. The van der Waals surface area contributed by atoms with Crippen LogP contribution in [-0.2, 0) is 19.3 Å². The van der Waals surface area contributed by atoms with Crippen molar-refractivity contribution in [2.24, 2.45) is 0 Å². The molecule has 1 N–H and O–H groups in total. The van der Waals surface area contributed by atoms with E-state index >= 15 is 0 Å². The first kappa shape index (κ1) is 25.7. The molecule has 3 rings (SSSR count). The van der Waals surface area contributed by atoms with Crippen molar-refractivity contribution in [1.29, 1.82) is 0 Å². The average molecular weight is 552 g/mol. The summed E-state index contributed by atoms with van der Waals surface area (Å²) >= 11 is 3.29. The number of hydrogen-bond acceptors (Lipinski definition) is 7. The Bertz CT molecular complexity index is 1310. The van der Waals surface area contributed by atoms with E-state index in [9.17, 15) is 18.0 Å². The molecule has 0 aliphatic carbocycles. The van der Waals surface area contributed by atoms with Crippen molar-refractivity contribution < 1.29 is 27.5 Å². The molecule has 0 saturated heterocycles.